The van der Waals surface area contributed by atoms with Crippen molar-refractivity contribution in [2.45, 2.75) is 6.54 Å². The summed E-state index contributed by atoms with van der Waals surface area (Å²) in [6, 6.07) is 12.0. The van der Waals surface area contributed by atoms with Crippen molar-refractivity contribution in [3.05, 3.63) is 58.3 Å². The Hall–Kier alpha value is -1.59. The number of hydrogen-bond donors (Lipinski definition) is 1. The molecule has 0 saturated carbocycles. The lowest BCUT2D eigenvalue weighted by atomic mass is 10.2. The first-order valence-corrected chi connectivity index (χ1v) is 7.46. The van der Waals surface area contributed by atoms with Crippen LogP contribution in [-0.4, -0.2) is 4.98 Å². The number of hydrogen-bond acceptors (Lipinski definition) is 4. The van der Waals surface area contributed by atoms with Gasteiger partial charge in [0.1, 0.15) is 5.76 Å². The molecule has 2 aromatic heterocycles. The Kier molecular flexibility index (Phi) is 3.66. The molecular formula is C14H11BrN2OS. The van der Waals surface area contributed by atoms with E-state index in [2.05, 4.69) is 38.4 Å². The summed E-state index contributed by atoms with van der Waals surface area (Å²) in [7, 11) is 0. The van der Waals surface area contributed by atoms with Gasteiger partial charge in [0, 0.05) is 15.4 Å². The number of rotatable bonds is 4. The maximum atomic E-state index is 5.27. The quantitative estimate of drug-likeness (QED) is 0.746. The highest BCUT2D eigenvalue weighted by molar-refractivity contribution is 9.10. The van der Waals surface area contributed by atoms with Crippen molar-refractivity contribution in [1.82, 2.24) is 4.98 Å². The highest BCUT2D eigenvalue weighted by atomic mass is 79.9. The van der Waals surface area contributed by atoms with Gasteiger partial charge in [-0.3, -0.25) is 0 Å². The Labute approximate surface area is 123 Å². The number of nitrogens with zero attached hydrogens (tertiary/aromatic N) is 1. The Morgan fingerprint density at radius 2 is 2.05 bits per heavy atom. The third kappa shape index (κ3) is 3.05. The van der Waals surface area contributed by atoms with Gasteiger partial charge in [-0.1, -0.05) is 28.1 Å². The molecule has 3 aromatic rings. The molecule has 0 radical (unpaired) electrons. The highest BCUT2D eigenvalue weighted by Crippen LogP contribution is 2.26. The van der Waals surface area contributed by atoms with Gasteiger partial charge in [-0.2, -0.15) is 0 Å². The zero-order valence-electron chi connectivity index (χ0n) is 9.97. The number of furan rings is 1. The van der Waals surface area contributed by atoms with E-state index in [1.54, 1.807) is 17.6 Å². The van der Waals surface area contributed by atoms with Crippen LogP contribution in [0.2, 0.25) is 0 Å². The standard InChI is InChI=1S/C14H11BrN2OS/c15-11-5-3-10(4-6-11)13-9-19-14(17-13)16-8-12-2-1-7-18-12/h1-7,9H,8H2,(H,16,17). The van der Waals surface area contributed by atoms with Crippen molar-refractivity contribution >= 4 is 32.4 Å². The topological polar surface area (TPSA) is 38.1 Å². The normalized spacial score (nSPS) is 10.6. The molecule has 0 atom stereocenters. The van der Waals surface area contributed by atoms with Crippen molar-refractivity contribution in [3.8, 4) is 11.3 Å². The Morgan fingerprint density at radius 1 is 1.21 bits per heavy atom. The zero-order chi connectivity index (χ0) is 13.1. The van der Waals surface area contributed by atoms with E-state index in [0.29, 0.717) is 6.54 Å². The predicted octanol–water partition coefficient (Wildman–Crippen LogP) is 4.78. The third-order valence-electron chi connectivity index (χ3n) is 2.64. The second kappa shape index (κ2) is 5.59. The molecule has 2 heterocycles. The van der Waals surface area contributed by atoms with E-state index in [1.165, 1.54) is 0 Å². The molecule has 0 saturated heterocycles. The van der Waals surface area contributed by atoms with Gasteiger partial charge in [0.05, 0.1) is 18.5 Å². The molecule has 0 aliphatic heterocycles. The molecule has 5 heteroatoms. The predicted molar refractivity (Wildman–Crippen MR) is 81.3 cm³/mol. The van der Waals surface area contributed by atoms with Crippen LogP contribution in [0.3, 0.4) is 0 Å². The second-order valence-corrected chi connectivity index (χ2v) is 5.75. The van der Waals surface area contributed by atoms with Gasteiger partial charge in [-0.05, 0) is 24.3 Å². The summed E-state index contributed by atoms with van der Waals surface area (Å²) >= 11 is 5.02. The van der Waals surface area contributed by atoms with Crippen LogP contribution in [0.25, 0.3) is 11.3 Å². The van der Waals surface area contributed by atoms with Crippen LogP contribution in [0.4, 0.5) is 5.13 Å². The fourth-order valence-corrected chi connectivity index (χ4v) is 2.67. The Bertz CT molecular complexity index is 646. The van der Waals surface area contributed by atoms with Crippen LogP contribution in [-0.2, 0) is 6.54 Å². The van der Waals surface area contributed by atoms with Gasteiger partial charge in [-0.25, -0.2) is 4.98 Å². The molecule has 0 unspecified atom stereocenters. The zero-order valence-corrected chi connectivity index (χ0v) is 12.4. The SMILES string of the molecule is Brc1ccc(-c2csc(NCc3ccco3)n2)cc1. The average molecular weight is 335 g/mol. The molecule has 1 N–H and O–H groups in total. The van der Waals surface area contributed by atoms with Crippen LogP contribution in [0.15, 0.2) is 56.9 Å². The lowest BCUT2D eigenvalue weighted by molar-refractivity contribution is 0.518. The first-order chi connectivity index (χ1) is 9.31. The maximum Gasteiger partial charge on any atom is 0.183 e. The highest BCUT2D eigenvalue weighted by Gasteiger charge is 2.04. The summed E-state index contributed by atoms with van der Waals surface area (Å²) in [6.45, 7) is 0.653. The minimum atomic E-state index is 0.653. The molecule has 19 heavy (non-hydrogen) atoms. The third-order valence-corrected chi connectivity index (χ3v) is 3.97. The number of nitrogens with one attached hydrogen (secondary N) is 1. The number of benzene rings is 1. The van der Waals surface area contributed by atoms with E-state index in [1.807, 2.05) is 29.6 Å². The van der Waals surface area contributed by atoms with Gasteiger partial charge in [0.2, 0.25) is 0 Å². The molecule has 0 spiro atoms. The van der Waals surface area contributed by atoms with E-state index in [4.69, 9.17) is 4.42 Å². The fourth-order valence-electron chi connectivity index (χ4n) is 1.68. The van der Waals surface area contributed by atoms with Crippen molar-refractivity contribution in [2.24, 2.45) is 0 Å². The van der Waals surface area contributed by atoms with E-state index in [9.17, 15) is 0 Å². The molecular weight excluding hydrogens is 324 g/mol. The average Bonchev–Trinajstić information content (AvgIpc) is 3.09. The molecule has 3 rings (SSSR count). The fraction of sp³-hybridized carbons (Fsp3) is 0.0714. The smallest absolute Gasteiger partial charge is 0.183 e. The molecule has 0 amide bonds. The maximum absolute atomic E-state index is 5.27. The summed E-state index contributed by atoms with van der Waals surface area (Å²) in [5, 5.41) is 6.20. The van der Waals surface area contributed by atoms with Crippen LogP contribution in [0.5, 0.6) is 0 Å². The molecule has 0 aliphatic carbocycles. The molecule has 1 aromatic carbocycles. The first-order valence-electron chi connectivity index (χ1n) is 5.79. The van der Waals surface area contributed by atoms with E-state index in [-0.39, 0.29) is 0 Å². The van der Waals surface area contributed by atoms with Gasteiger partial charge >= 0.3 is 0 Å². The minimum Gasteiger partial charge on any atom is -0.467 e. The first kappa shape index (κ1) is 12.4. The van der Waals surface area contributed by atoms with Crippen LogP contribution in [0, 0.1) is 0 Å². The largest absolute Gasteiger partial charge is 0.467 e. The minimum absolute atomic E-state index is 0.653. The van der Waals surface area contributed by atoms with Gasteiger partial charge in [-0.15, -0.1) is 11.3 Å². The van der Waals surface area contributed by atoms with E-state index in [0.717, 1.165) is 26.6 Å². The summed E-state index contributed by atoms with van der Waals surface area (Å²) in [6.07, 6.45) is 1.67. The number of aromatic nitrogens is 1. The summed E-state index contributed by atoms with van der Waals surface area (Å²) in [5.74, 6) is 0.903. The van der Waals surface area contributed by atoms with Crippen molar-refractivity contribution in [3.63, 3.8) is 0 Å². The molecule has 0 bridgehead atoms. The van der Waals surface area contributed by atoms with Crippen molar-refractivity contribution in [2.75, 3.05) is 5.32 Å². The Morgan fingerprint density at radius 3 is 2.79 bits per heavy atom. The van der Waals surface area contributed by atoms with Crippen LogP contribution in [0.1, 0.15) is 5.76 Å². The lowest BCUT2D eigenvalue weighted by Gasteiger charge is -1.99. The molecule has 0 aliphatic rings. The second-order valence-electron chi connectivity index (χ2n) is 3.98. The van der Waals surface area contributed by atoms with Crippen molar-refractivity contribution < 1.29 is 4.42 Å². The monoisotopic (exact) mass is 334 g/mol. The molecule has 0 fully saturated rings. The van der Waals surface area contributed by atoms with Crippen LogP contribution >= 0.6 is 27.3 Å². The van der Waals surface area contributed by atoms with Crippen LogP contribution < -0.4 is 5.32 Å². The summed E-state index contributed by atoms with van der Waals surface area (Å²) in [5.41, 5.74) is 2.10. The van der Waals surface area contributed by atoms with E-state index >= 15 is 0 Å². The Balaban J connectivity index is 1.70. The lowest BCUT2D eigenvalue weighted by Crippen LogP contribution is -1.97. The molecule has 96 valence electrons. The number of thiazole rings is 1. The molecule has 3 nitrogen and oxygen atoms in total. The summed E-state index contributed by atoms with van der Waals surface area (Å²) in [4.78, 5) is 4.56. The summed E-state index contributed by atoms with van der Waals surface area (Å²) < 4.78 is 6.34. The van der Waals surface area contributed by atoms with Crippen molar-refractivity contribution in [1.29, 1.82) is 0 Å². The van der Waals surface area contributed by atoms with E-state index < -0.39 is 0 Å². The van der Waals surface area contributed by atoms with Gasteiger partial charge < -0.3 is 9.73 Å². The van der Waals surface area contributed by atoms with Gasteiger partial charge in [0.15, 0.2) is 5.13 Å². The number of anilines is 1. The van der Waals surface area contributed by atoms with Gasteiger partial charge in [0.25, 0.3) is 0 Å². The number of halogens is 1.